The number of thioether (sulfide) groups is 1. The van der Waals surface area contributed by atoms with Crippen molar-refractivity contribution < 1.29 is 26.2 Å². The van der Waals surface area contributed by atoms with Gasteiger partial charge in [0.1, 0.15) is 4.90 Å². The minimum absolute atomic E-state index is 0.0389. The molecule has 120 valence electrons. The molecular formula is C12H19O6PS2. The molecule has 0 unspecified atom stereocenters. The Morgan fingerprint density at radius 1 is 1.14 bits per heavy atom. The molecule has 0 aliphatic heterocycles. The zero-order chi connectivity index (χ0) is 15.9. The Balaban J connectivity index is 2.92. The number of hydrogen-bond donors (Lipinski definition) is 0. The summed E-state index contributed by atoms with van der Waals surface area (Å²) in [5.41, 5.74) is 0. The highest BCUT2D eigenvalue weighted by Crippen LogP contribution is 2.48. The van der Waals surface area contributed by atoms with Gasteiger partial charge in [-0.25, -0.2) is 0 Å². The second kappa shape index (κ2) is 8.31. The Bertz CT molecular complexity index is 592. The van der Waals surface area contributed by atoms with Gasteiger partial charge < -0.3 is 9.05 Å². The first-order chi connectivity index (χ1) is 9.88. The largest absolute Gasteiger partial charge is 0.357 e. The van der Waals surface area contributed by atoms with E-state index >= 15 is 0 Å². The van der Waals surface area contributed by atoms with E-state index in [9.17, 15) is 13.0 Å². The van der Waals surface area contributed by atoms with Crippen LogP contribution in [0.5, 0.6) is 0 Å². The van der Waals surface area contributed by atoms with Gasteiger partial charge in [0, 0.05) is 4.90 Å². The molecule has 0 saturated carbocycles. The molecule has 0 fully saturated rings. The lowest BCUT2D eigenvalue weighted by Gasteiger charge is -2.17. The maximum Gasteiger partial charge on any atom is 0.357 e. The quantitative estimate of drug-likeness (QED) is 0.382. The molecule has 0 atom stereocenters. The van der Waals surface area contributed by atoms with Crippen LogP contribution >= 0.6 is 19.4 Å². The molecule has 0 amide bonds. The van der Waals surface area contributed by atoms with Crippen molar-refractivity contribution in [2.24, 2.45) is 0 Å². The van der Waals surface area contributed by atoms with Crippen molar-refractivity contribution in [3.05, 3.63) is 24.3 Å². The van der Waals surface area contributed by atoms with Crippen LogP contribution < -0.4 is 0 Å². The topological polar surface area (TPSA) is 78.9 Å². The third kappa shape index (κ3) is 5.39. The molecule has 1 aromatic carbocycles. The van der Waals surface area contributed by atoms with E-state index in [1.807, 2.05) is 0 Å². The highest BCUT2D eigenvalue weighted by atomic mass is 32.2. The Labute approximate surface area is 129 Å². The van der Waals surface area contributed by atoms with E-state index in [4.69, 9.17) is 13.2 Å². The van der Waals surface area contributed by atoms with Crippen LogP contribution in [0.15, 0.2) is 34.1 Å². The Morgan fingerprint density at radius 3 is 2.24 bits per heavy atom. The minimum Gasteiger partial charge on any atom is -0.307 e. The molecule has 0 aliphatic carbocycles. The average molecular weight is 354 g/mol. The van der Waals surface area contributed by atoms with E-state index in [1.54, 1.807) is 38.3 Å². The predicted molar refractivity (Wildman–Crippen MR) is 82.2 cm³/mol. The van der Waals surface area contributed by atoms with Crippen molar-refractivity contribution in [1.82, 2.24) is 0 Å². The van der Waals surface area contributed by atoms with Gasteiger partial charge in [0.05, 0.1) is 13.2 Å². The maximum atomic E-state index is 12.2. The molecule has 9 heteroatoms. The van der Waals surface area contributed by atoms with Crippen LogP contribution in [0.25, 0.3) is 0 Å². The summed E-state index contributed by atoms with van der Waals surface area (Å²) >= 11 is 1.29. The summed E-state index contributed by atoms with van der Waals surface area (Å²) in [6, 6.07) is 6.44. The van der Waals surface area contributed by atoms with Gasteiger partial charge in [-0.2, -0.15) is 8.42 Å². The Kier molecular flexibility index (Phi) is 7.39. The highest BCUT2D eigenvalue weighted by molar-refractivity contribution is 7.99. The summed E-state index contributed by atoms with van der Waals surface area (Å²) in [7, 11) is -7.59. The molecule has 0 aromatic heterocycles. The molecule has 0 aliphatic rings. The fraction of sp³-hybridized carbons (Fsp3) is 0.500. The Hall–Kier alpha value is -0.370. The molecule has 1 rings (SSSR count). The Morgan fingerprint density at radius 2 is 1.71 bits per heavy atom. The predicted octanol–water partition coefficient (Wildman–Crippen LogP) is 3.34. The molecule has 0 spiro atoms. The molecule has 0 heterocycles. The normalized spacial score (nSPS) is 12.5. The molecule has 6 nitrogen and oxygen atoms in total. The van der Waals surface area contributed by atoms with Crippen molar-refractivity contribution in [1.29, 1.82) is 0 Å². The molecule has 0 saturated heterocycles. The van der Waals surface area contributed by atoms with Gasteiger partial charge in [0.15, 0.2) is 6.35 Å². The lowest BCUT2D eigenvalue weighted by Crippen LogP contribution is -2.11. The fourth-order valence-electron chi connectivity index (χ4n) is 1.53. The molecule has 0 bridgehead atoms. The SMILES string of the molecule is CCOP(=O)(COS(=O)(=O)c1ccccc1SC)OCC. The summed E-state index contributed by atoms with van der Waals surface area (Å²) in [5.74, 6) is 0. The van der Waals surface area contributed by atoms with E-state index < -0.39 is 24.1 Å². The van der Waals surface area contributed by atoms with E-state index in [2.05, 4.69) is 0 Å². The van der Waals surface area contributed by atoms with Crippen LogP contribution in [0, 0.1) is 0 Å². The standard InChI is InChI=1S/C12H19O6PS2/c1-4-16-19(13,17-5-2)10-18-21(14,15)12-9-7-6-8-11(12)20-3/h6-9H,4-5,10H2,1-3H3. The monoisotopic (exact) mass is 354 g/mol. The second-order valence-electron chi connectivity index (χ2n) is 3.80. The maximum absolute atomic E-state index is 12.2. The summed E-state index contributed by atoms with van der Waals surface area (Å²) < 4.78 is 51.5. The summed E-state index contributed by atoms with van der Waals surface area (Å²) in [5, 5.41) is 0. The fourth-order valence-corrected chi connectivity index (χ4v) is 5.34. The first-order valence-corrected chi connectivity index (χ1v) is 10.6. The lowest BCUT2D eigenvalue weighted by molar-refractivity contribution is 0.198. The van der Waals surface area contributed by atoms with Gasteiger partial charge in [-0.1, -0.05) is 12.1 Å². The number of rotatable bonds is 9. The first-order valence-electron chi connectivity index (χ1n) is 6.29. The van der Waals surface area contributed by atoms with Crippen molar-refractivity contribution in [2.45, 2.75) is 23.6 Å². The third-order valence-electron chi connectivity index (χ3n) is 2.36. The van der Waals surface area contributed by atoms with Gasteiger partial charge in [0.25, 0.3) is 10.1 Å². The van der Waals surface area contributed by atoms with Gasteiger partial charge >= 0.3 is 7.60 Å². The van der Waals surface area contributed by atoms with Crippen LogP contribution in [0.3, 0.4) is 0 Å². The second-order valence-corrected chi connectivity index (χ2v) is 8.23. The molecule has 0 radical (unpaired) electrons. The van der Waals surface area contributed by atoms with Gasteiger partial charge in [-0.3, -0.25) is 8.75 Å². The molecule has 0 N–H and O–H groups in total. The number of hydrogen-bond acceptors (Lipinski definition) is 7. The van der Waals surface area contributed by atoms with Crippen LogP contribution in [-0.2, 0) is 27.9 Å². The van der Waals surface area contributed by atoms with Crippen LogP contribution in [0.4, 0.5) is 0 Å². The first kappa shape index (κ1) is 18.7. The van der Waals surface area contributed by atoms with Gasteiger partial charge in [0.2, 0.25) is 0 Å². The molecular weight excluding hydrogens is 335 g/mol. The molecule has 21 heavy (non-hydrogen) atoms. The highest BCUT2D eigenvalue weighted by Gasteiger charge is 2.29. The number of benzene rings is 1. The van der Waals surface area contributed by atoms with E-state index in [0.717, 1.165) is 0 Å². The van der Waals surface area contributed by atoms with Crippen molar-refractivity contribution >= 4 is 29.5 Å². The van der Waals surface area contributed by atoms with Gasteiger partial charge in [-0.05, 0) is 32.2 Å². The van der Waals surface area contributed by atoms with Crippen LogP contribution in [-0.4, -0.2) is 34.2 Å². The average Bonchev–Trinajstić information content (AvgIpc) is 2.46. The smallest absolute Gasteiger partial charge is 0.307 e. The summed E-state index contributed by atoms with van der Waals surface area (Å²) in [4.78, 5) is 0.595. The third-order valence-corrected chi connectivity index (χ3v) is 6.53. The van der Waals surface area contributed by atoms with Crippen molar-refractivity contribution in [3.63, 3.8) is 0 Å². The van der Waals surface area contributed by atoms with Crippen LogP contribution in [0.2, 0.25) is 0 Å². The van der Waals surface area contributed by atoms with Crippen LogP contribution in [0.1, 0.15) is 13.8 Å². The molecule has 1 aromatic rings. The minimum atomic E-state index is -4.03. The van der Waals surface area contributed by atoms with Crippen molar-refractivity contribution in [3.8, 4) is 0 Å². The van der Waals surface area contributed by atoms with Crippen molar-refractivity contribution in [2.75, 3.05) is 25.8 Å². The van der Waals surface area contributed by atoms with E-state index in [1.165, 1.54) is 17.8 Å². The lowest BCUT2D eigenvalue weighted by atomic mass is 10.4. The summed E-state index contributed by atoms with van der Waals surface area (Å²) in [6.07, 6.45) is 1.12. The van der Waals surface area contributed by atoms with E-state index in [-0.39, 0.29) is 18.1 Å². The zero-order valence-corrected chi connectivity index (χ0v) is 14.7. The zero-order valence-electron chi connectivity index (χ0n) is 12.1. The summed E-state index contributed by atoms with van der Waals surface area (Å²) in [6.45, 7) is 3.57. The van der Waals surface area contributed by atoms with E-state index in [0.29, 0.717) is 4.90 Å². The van der Waals surface area contributed by atoms with Gasteiger partial charge in [-0.15, -0.1) is 11.8 Å².